The number of para-hydroxylation sites is 7. The molecule has 400 valence electrons. The summed E-state index contributed by atoms with van der Waals surface area (Å²) in [5, 5.41) is 9.03. The summed E-state index contributed by atoms with van der Waals surface area (Å²) >= 11 is 0. The largest absolute Gasteiger partial charge is 0.313 e. The lowest BCUT2D eigenvalue weighted by Crippen LogP contribution is -2.43. The van der Waals surface area contributed by atoms with Gasteiger partial charge in [0.05, 0.1) is 38.6 Å². The second kappa shape index (κ2) is 18.0. The first-order valence-electron chi connectivity index (χ1n) is 30.2. The maximum atomic E-state index is 2.56. The summed E-state index contributed by atoms with van der Waals surface area (Å²) in [7, 11) is 0. The van der Waals surface area contributed by atoms with Gasteiger partial charge in [-0.3, -0.25) is 0 Å². The van der Waals surface area contributed by atoms with E-state index >= 15 is 0 Å². The van der Waals surface area contributed by atoms with Gasteiger partial charge < -0.3 is 18.3 Å². The maximum absolute atomic E-state index is 2.56. The molecule has 4 heteroatoms. The van der Waals surface area contributed by atoms with Crippen LogP contribution in [0, 0.1) is 17.8 Å². The molecule has 0 saturated heterocycles. The van der Waals surface area contributed by atoms with Gasteiger partial charge >= 0.3 is 0 Å². The van der Waals surface area contributed by atoms with Crippen LogP contribution in [-0.2, 0) is 17.3 Å². The standard InChI is InChI=1S/C80H60N4/c1-52-30-47-70-69-22-8-15-29-77(69)84(78(70)48-52)62-45-37-56(38-46-62)80(55-35-43-61(44-36-55)83-75-27-13-6-20-67(75)68-21-7-14-28-76(68)83)51-57-49-58(80)50-79(57,53-31-39-59(40-32-53)81-71-23-9-2-16-63(71)64-17-3-10-24-72(64)81)54-33-41-60(42-34-54)82-73-25-11-4-18-65(73)66-19-5-12-26-74(66)82/h2-47,52,57-58H,48-51H2,1H3. The summed E-state index contributed by atoms with van der Waals surface area (Å²) in [6.07, 6.45) is 8.95. The predicted octanol–water partition coefficient (Wildman–Crippen LogP) is 19.8. The van der Waals surface area contributed by atoms with Crippen LogP contribution in [0.15, 0.2) is 273 Å². The molecule has 3 aliphatic rings. The van der Waals surface area contributed by atoms with Gasteiger partial charge in [-0.1, -0.05) is 195 Å². The molecule has 0 aliphatic heterocycles. The Morgan fingerprint density at radius 2 is 0.560 bits per heavy atom. The SMILES string of the molecule is CC1C=Cc2c(n(-c3ccc(C4(c5ccc(-n6c7ccccc7c7ccccc76)cc5)CC5CC4CC5(c4ccc(-n5c6ccccc6c6ccccc65)cc4)c4ccc(-n5c6ccccc6c6ccccc65)cc4)cc3)c3ccccc23)C1. The average Bonchev–Trinajstić information content (AvgIpc) is 1.57. The van der Waals surface area contributed by atoms with Crippen LogP contribution in [0.3, 0.4) is 0 Å². The van der Waals surface area contributed by atoms with E-state index in [1.54, 1.807) is 0 Å². The van der Waals surface area contributed by atoms with Crippen LogP contribution in [0.2, 0.25) is 0 Å². The van der Waals surface area contributed by atoms with Crippen molar-refractivity contribution in [2.75, 3.05) is 0 Å². The Morgan fingerprint density at radius 3 is 0.857 bits per heavy atom. The van der Waals surface area contributed by atoms with Gasteiger partial charge in [-0.05, 0) is 157 Å². The third-order valence-electron chi connectivity index (χ3n) is 20.5. The van der Waals surface area contributed by atoms with Crippen molar-refractivity contribution in [1.29, 1.82) is 0 Å². The molecule has 11 aromatic carbocycles. The summed E-state index contributed by atoms with van der Waals surface area (Å²) in [4.78, 5) is 0. The van der Waals surface area contributed by atoms with Crippen molar-refractivity contribution < 1.29 is 0 Å². The Balaban J connectivity index is 0.804. The van der Waals surface area contributed by atoms with E-state index in [2.05, 4.69) is 304 Å². The van der Waals surface area contributed by atoms with Crippen molar-refractivity contribution in [3.63, 3.8) is 0 Å². The molecule has 4 atom stereocenters. The molecule has 18 rings (SSSR count). The lowest BCUT2D eigenvalue weighted by atomic mass is 9.55. The maximum Gasteiger partial charge on any atom is 0.0541 e. The topological polar surface area (TPSA) is 19.7 Å². The van der Waals surface area contributed by atoms with Crippen molar-refractivity contribution in [3.8, 4) is 22.7 Å². The number of hydrogen-bond acceptors (Lipinski definition) is 0. The smallest absolute Gasteiger partial charge is 0.0541 e. The summed E-state index contributed by atoms with van der Waals surface area (Å²) in [5.41, 5.74) is 21.4. The van der Waals surface area contributed by atoms with E-state index in [-0.39, 0.29) is 10.8 Å². The van der Waals surface area contributed by atoms with Gasteiger partial charge in [-0.2, -0.15) is 0 Å². The van der Waals surface area contributed by atoms with Crippen LogP contribution >= 0.6 is 0 Å². The van der Waals surface area contributed by atoms with Crippen LogP contribution in [0.4, 0.5) is 0 Å². The molecule has 84 heavy (non-hydrogen) atoms. The highest BCUT2D eigenvalue weighted by molar-refractivity contribution is 6.11. The molecule has 4 unspecified atom stereocenters. The molecule has 4 aromatic heterocycles. The van der Waals surface area contributed by atoms with Crippen LogP contribution < -0.4 is 0 Å². The Hall–Kier alpha value is -9.90. The monoisotopic (exact) mass is 1080 g/mol. The average molecular weight is 1080 g/mol. The summed E-state index contributed by atoms with van der Waals surface area (Å²) < 4.78 is 9.94. The number of rotatable bonds is 8. The highest BCUT2D eigenvalue weighted by Gasteiger charge is 2.63. The lowest BCUT2D eigenvalue weighted by molar-refractivity contribution is 0.239. The van der Waals surface area contributed by atoms with Crippen molar-refractivity contribution >= 4 is 82.4 Å². The van der Waals surface area contributed by atoms with E-state index in [1.807, 2.05) is 0 Å². The van der Waals surface area contributed by atoms with Gasteiger partial charge in [0.2, 0.25) is 0 Å². The number of benzene rings is 11. The highest BCUT2D eigenvalue weighted by Crippen LogP contribution is 2.69. The number of hydrogen-bond donors (Lipinski definition) is 0. The van der Waals surface area contributed by atoms with E-state index in [0.717, 1.165) is 25.7 Å². The Kier molecular flexibility index (Phi) is 10.3. The molecule has 4 heterocycles. The summed E-state index contributed by atoms with van der Waals surface area (Å²) in [6, 6.07) is 102. The van der Waals surface area contributed by atoms with Gasteiger partial charge in [0, 0.05) is 82.5 Å². The summed E-state index contributed by atoms with van der Waals surface area (Å²) in [5.74, 6) is 1.19. The zero-order valence-corrected chi connectivity index (χ0v) is 46.9. The van der Waals surface area contributed by atoms with Crippen molar-refractivity contribution in [2.24, 2.45) is 17.8 Å². The normalized spacial score (nSPS) is 19.0. The molecule has 3 aliphatic carbocycles. The first kappa shape index (κ1) is 47.7. The predicted molar refractivity (Wildman–Crippen MR) is 350 cm³/mol. The first-order chi connectivity index (χ1) is 41.5. The zero-order chi connectivity index (χ0) is 55.3. The van der Waals surface area contributed by atoms with Crippen molar-refractivity contribution in [3.05, 3.63) is 307 Å². The number of aromatic nitrogens is 4. The molecule has 2 fully saturated rings. The Morgan fingerprint density at radius 1 is 0.298 bits per heavy atom. The molecular formula is C80H60N4. The third kappa shape index (κ3) is 6.65. The quantitative estimate of drug-likeness (QED) is 0.145. The first-order valence-corrected chi connectivity index (χ1v) is 30.2. The minimum atomic E-state index is -0.233. The molecule has 2 bridgehead atoms. The van der Waals surface area contributed by atoms with E-state index in [0.29, 0.717) is 17.8 Å². The van der Waals surface area contributed by atoms with E-state index < -0.39 is 0 Å². The number of allylic oxidation sites excluding steroid dienone is 1. The molecular weight excluding hydrogens is 1020 g/mol. The van der Waals surface area contributed by atoms with E-state index in [4.69, 9.17) is 0 Å². The van der Waals surface area contributed by atoms with Crippen LogP contribution in [-0.4, -0.2) is 18.3 Å². The second-order valence-corrected chi connectivity index (χ2v) is 24.5. The minimum absolute atomic E-state index is 0.229. The fraction of sp³-hybridized carbons (Fsp3) is 0.125. The lowest BCUT2D eigenvalue weighted by Gasteiger charge is -2.48. The third-order valence-corrected chi connectivity index (χ3v) is 20.5. The van der Waals surface area contributed by atoms with Crippen LogP contribution in [0.5, 0.6) is 0 Å². The highest BCUT2D eigenvalue weighted by atomic mass is 15.0. The Bertz CT molecular complexity index is 4840. The zero-order valence-electron chi connectivity index (χ0n) is 46.9. The van der Waals surface area contributed by atoms with E-state index in [1.165, 1.54) is 133 Å². The molecule has 0 radical (unpaired) electrons. The molecule has 0 spiro atoms. The Labute approximate surface area is 488 Å². The van der Waals surface area contributed by atoms with Gasteiger partial charge in [0.15, 0.2) is 0 Å². The van der Waals surface area contributed by atoms with Gasteiger partial charge in [-0.25, -0.2) is 0 Å². The van der Waals surface area contributed by atoms with Crippen molar-refractivity contribution in [1.82, 2.24) is 18.3 Å². The fourth-order valence-corrected chi connectivity index (χ4v) is 17.0. The van der Waals surface area contributed by atoms with Crippen LogP contribution in [0.1, 0.15) is 59.7 Å². The minimum Gasteiger partial charge on any atom is -0.313 e. The summed E-state index contributed by atoms with van der Waals surface area (Å²) in [6.45, 7) is 2.34. The van der Waals surface area contributed by atoms with E-state index in [9.17, 15) is 0 Å². The number of nitrogens with zero attached hydrogens (tertiary/aromatic N) is 4. The van der Waals surface area contributed by atoms with Gasteiger partial charge in [-0.15, -0.1) is 0 Å². The van der Waals surface area contributed by atoms with Crippen LogP contribution in [0.25, 0.3) is 105 Å². The number of fused-ring (bicyclic) bond motifs is 14. The molecule has 0 amide bonds. The molecule has 15 aromatic rings. The molecule has 4 nitrogen and oxygen atoms in total. The molecule has 2 saturated carbocycles. The second-order valence-electron chi connectivity index (χ2n) is 24.5. The van der Waals surface area contributed by atoms with Crippen molar-refractivity contribution in [2.45, 2.75) is 43.4 Å². The fourth-order valence-electron chi connectivity index (χ4n) is 17.0. The van der Waals surface area contributed by atoms with Gasteiger partial charge in [0.1, 0.15) is 0 Å². The van der Waals surface area contributed by atoms with Gasteiger partial charge in [0.25, 0.3) is 0 Å². The molecule has 0 N–H and O–H groups in total.